The Hall–Kier alpha value is -11.8. The molecule has 8 aliphatic rings. The van der Waals surface area contributed by atoms with E-state index in [0.717, 1.165) is 245 Å². The molecule has 0 spiro atoms. The monoisotopic (exact) mass is 1540 g/mol. The van der Waals surface area contributed by atoms with Gasteiger partial charge in [-0.2, -0.15) is 15.8 Å². The fourth-order valence-corrected chi connectivity index (χ4v) is 16.4. The summed E-state index contributed by atoms with van der Waals surface area (Å²) < 4.78 is 51.0. The minimum atomic E-state index is 0.0491. The van der Waals surface area contributed by atoms with Gasteiger partial charge < -0.3 is 72.3 Å². The molecule has 8 saturated heterocycles. The number of aromatic nitrogens is 8. The molecule has 8 fully saturated rings. The van der Waals surface area contributed by atoms with Gasteiger partial charge in [0, 0.05) is 171 Å². The van der Waals surface area contributed by atoms with E-state index in [1.54, 1.807) is 12.4 Å². The van der Waals surface area contributed by atoms with E-state index in [4.69, 9.17) is 47.6 Å². The molecular weight excluding hydrogens is 1450 g/mol. The summed E-state index contributed by atoms with van der Waals surface area (Å²) in [7, 11) is 0. The zero-order valence-electron chi connectivity index (χ0n) is 64.1. The Balaban J connectivity index is 0.000000120. The van der Waals surface area contributed by atoms with Gasteiger partial charge in [0.2, 0.25) is 0 Å². The van der Waals surface area contributed by atoms with E-state index < -0.39 is 0 Å². The highest BCUT2D eigenvalue weighted by atomic mass is 16.5. The van der Waals surface area contributed by atoms with Crippen LogP contribution in [0.2, 0.25) is 0 Å². The molecule has 584 valence electrons. The van der Waals surface area contributed by atoms with Crippen LogP contribution in [-0.2, 0) is 28.4 Å². The summed E-state index contributed by atoms with van der Waals surface area (Å²) in [5, 5.41) is 32.5. The maximum Gasteiger partial charge on any atom is 0.183 e. The van der Waals surface area contributed by atoms with Crippen molar-refractivity contribution in [3.63, 3.8) is 0 Å². The Morgan fingerprint density at radius 3 is 1.17 bits per heavy atom. The molecule has 0 radical (unpaired) electrons. The lowest BCUT2D eigenvalue weighted by molar-refractivity contribution is -0.0660. The van der Waals surface area contributed by atoms with Crippen LogP contribution in [0, 0.1) is 34.0 Å². The fourth-order valence-electron chi connectivity index (χ4n) is 16.4. The summed E-state index contributed by atoms with van der Waals surface area (Å²) in [4.78, 5) is 45.5. The number of nitrogens with one attached hydrogen (secondary N) is 3. The molecule has 0 unspecified atom stereocenters. The van der Waals surface area contributed by atoms with E-state index in [9.17, 15) is 15.8 Å². The van der Waals surface area contributed by atoms with Gasteiger partial charge in [0.1, 0.15) is 59.2 Å². The average molecular weight is 1540 g/mol. The Bertz CT molecular complexity index is 5520. The lowest BCUT2D eigenvalue weighted by Gasteiger charge is -2.43. The van der Waals surface area contributed by atoms with Gasteiger partial charge in [0.25, 0.3) is 0 Å². The molecule has 16 heterocycles. The molecule has 3 N–H and O–H groups in total. The molecule has 20 rings (SSSR count). The standard InChI is InChI=1S/C32H33N5O3.C30H30N6O3.C28H27N5O3/c33-19-24-17-23(3-6-31(24)40-27-8-15-38-16-9-27)28-7-10-34-32-29(28)18-30(35-32)22-1-4-25(5-2-22)36-11-13-37(14-12-36)26-20-39-21-26;31-16-28-29(39-23-8-10-36(17-23)22-18-38-19-22)6-5-26(33-28)24-7-9-32-30-25(24)15-27(34-30)20-1-3-21(4-2-20)35-11-13-37-14-12-35;29-18-26-27(36-21-8-13-34-14-9-21)6-5-24(31-26)22-7-10-30-28-23(22)17-25(32-28)19-1-3-20(4-2-19)33-11-15-35-16-12-33/h1-7,10,17-18,26-27H,8-9,11-16,20-21H2,(H,34,35);1-7,9,15,22-23H,8,10-14,17-19H2,(H,32,34);1-7,10,17,21H,8-9,11-16H2,(H,30,32)/t;23-;/m.1./s1. The van der Waals surface area contributed by atoms with Gasteiger partial charge >= 0.3 is 0 Å². The van der Waals surface area contributed by atoms with Crippen LogP contribution in [0.1, 0.15) is 49.1 Å². The fraction of sp³-hybridized carbons (Fsp3) is 0.356. The van der Waals surface area contributed by atoms with Crippen LogP contribution < -0.4 is 28.9 Å². The van der Waals surface area contributed by atoms with Gasteiger partial charge in [0.05, 0.1) is 108 Å². The average Bonchev–Trinajstić information content (AvgIpc) is 1.66. The van der Waals surface area contributed by atoms with Crippen molar-refractivity contribution in [2.75, 3.05) is 159 Å². The molecule has 12 aromatic rings. The van der Waals surface area contributed by atoms with Crippen molar-refractivity contribution in [3.8, 4) is 103 Å². The Kier molecular flexibility index (Phi) is 22.4. The van der Waals surface area contributed by atoms with Gasteiger partial charge in [0.15, 0.2) is 22.9 Å². The number of likely N-dealkylation sites (tertiary alicyclic amines) is 1. The highest BCUT2D eigenvalue weighted by molar-refractivity contribution is 5.98. The van der Waals surface area contributed by atoms with Crippen LogP contribution in [0.4, 0.5) is 17.1 Å². The summed E-state index contributed by atoms with van der Waals surface area (Å²) in [6.07, 6.45) is 9.80. The number of ether oxygens (including phenoxy) is 9. The van der Waals surface area contributed by atoms with Crippen molar-refractivity contribution in [2.45, 2.75) is 62.5 Å². The van der Waals surface area contributed by atoms with E-state index in [0.29, 0.717) is 78.4 Å². The zero-order valence-corrected chi connectivity index (χ0v) is 64.1. The second-order valence-corrected chi connectivity index (χ2v) is 30.2. The van der Waals surface area contributed by atoms with E-state index >= 15 is 0 Å². The predicted molar refractivity (Wildman–Crippen MR) is 439 cm³/mol. The highest BCUT2D eigenvalue weighted by Crippen LogP contribution is 2.39. The van der Waals surface area contributed by atoms with Gasteiger partial charge in [-0.25, -0.2) is 24.9 Å². The van der Waals surface area contributed by atoms with Gasteiger partial charge in [-0.3, -0.25) is 9.80 Å². The molecular formula is C90H90N16O9. The third kappa shape index (κ3) is 16.7. The molecule has 0 saturated carbocycles. The van der Waals surface area contributed by atoms with Crippen molar-refractivity contribution in [2.24, 2.45) is 0 Å². The third-order valence-corrected chi connectivity index (χ3v) is 23.1. The Morgan fingerprint density at radius 2 is 0.739 bits per heavy atom. The third-order valence-electron chi connectivity index (χ3n) is 23.1. The molecule has 1 atom stereocenters. The smallest absolute Gasteiger partial charge is 0.183 e. The first-order chi connectivity index (χ1) is 56.8. The number of nitrogens with zero attached hydrogens (tertiary/aromatic N) is 13. The highest BCUT2D eigenvalue weighted by Gasteiger charge is 2.35. The molecule has 8 aliphatic heterocycles. The quantitative estimate of drug-likeness (QED) is 0.0763. The number of H-pyrrole nitrogens is 3. The second-order valence-electron chi connectivity index (χ2n) is 30.2. The lowest BCUT2D eigenvalue weighted by atomic mass is 10.0. The van der Waals surface area contributed by atoms with E-state index in [-0.39, 0.29) is 18.3 Å². The summed E-state index contributed by atoms with van der Waals surface area (Å²) in [5.41, 5.74) is 18.8. The van der Waals surface area contributed by atoms with Crippen molar-refractivity contribution in [3.05, 3.63) is 187 Å². The first-order valence-electron chi connectivity index (χ1n) is 40.1. The first-order valence-corrected chi connectivity index (χ1v) is 40.1. The number of hydrogen-bond acceptors (Lipinski definition) is 22. The van der Waals surface area contributed by atoms with Crippen molar-refractivity contribution >= 4 is 50.2 Å². The molecule has 0 bridgehead atoms. The summed E-state index contributed by atoms with van der Waals surface area (Å²) in [6.45, 7) is 18.9. The number of piperazine rings is 1. The number of anilines is 3. The molecule has 25 nitrogen and oxygen atoms in total. The molecule has 25 heteroatoms. The number of morpholine rings is 2. The number of pyridine rings is 5. The van der Waals surface area contributed by atoms with Crippen molar-refractivity contribution in [1.82, 2.24) is 49.7 Å². The van der Waals surface area contributed by atoms with Crippen LogP contribution >= 0.6 is 0 Å². The number of nitriles is 3. The SMILES string of the molecule is N#Cc1cc(-c2ccnc3[nH]c(-c4ccc(N5CCN(C6COC6)CC5)cc4)cc23)ccc1OC1CCOCC1.N#Cc1nc(-c2ccnc3[nH]c(-c4ccc(N5CCOCC5)cc4)cc23)ccc1OC1CCOCC1.N#Cc1nc(-c2ccnc3[nH]c(-c4ccc(N5CCOCC5)cc4)cc23)ccc1O[C@@H]1CCN(C2COC2)C1. The Labute approximate surface area is 666 Å². The van der Waals surface area contributed by atoms with Crippen molar-refractivity contribution in [1.29, 1.82) is 15.8 Å². The van der Waals surface area contributed by atoms with Gasteiger partial charge in [-0.15, -0.1) is 0 Å². The van der Waals surface area contributed by atoms with Gasteiger partial charge in [-0.05, 0) is 143 Å². The summed E-state index contributed by atoms with van der Waals surface area (Å²) in [5.74, 6) is 1.70. The number of benzene rings is 4. The van der Waals surface area contributed by atoms with Crippen LogP contribution in [0.15, 0.2) is 170 Å². The number of fused-ring (bicyclic) bond motifs is 3. The van der Waals surface area contributed by atoms with E-state index in [1.165, 1.54) is 17.1 Å². The molecule has 4 aromatic carbocycles. The van der Waals surface area contributed by atoms with E-state index in [1.807, 2.05) is 66.9 Å². The zero-order chi connectivity index (χ0) is 77.4. The molecule has 0 amide bonds. The second kappa shape index (κ2) is 34.5. The van der Waals surface area contributed by atoms with E-state index in [2.05, 4.69) is 169 Å². The normalized spacial score (nSPS) is 18.7. The summed E-state index contributed by atoms with van der Waals surface area (Å²) >= 11 is 0. The number of rotatable bonds is 17. The minimum Gasteiger partial charge on any atom is -0.489 e. The Morgan fingerprint density at radius 1 is 0.348 bits per heavy atom. The van der Waals surface area contributed by atoms with Crippen LogP contribution in [0.5, 0.6) is 17.2 Å². The van der Waals surface area contributed by atoms with Crippen LogP contribution in [-0.4, -0.2) is 225 Å². The maximum absolute atomic E-state index is 9.89. The predicted octanol–water partition coefficient (Wildman–Crippen LogP) is 13.3. The number of aromatic amines is 3. The van der Waals surface area contributed by atoms with Crippen molar-refractivity contribution < 1.29 is 42.6 Å². The van der Waals surface area contributed by atoms with Crippen LogP contribution in [0.3, 0.4) is 0 Å². The summed E-state index contributed by atoms with van der Waals surface area (Å²) in [6, 6.07) is 59.5. The lowest BCUT2D eigenvalue weighted by Crippen LogP contribution is -2.56. The largest absolute Gasteiger partial charge is 0.489 e. The van der Waals surface area contributed by atoms with Crippen LogP contribution in [0.25, 0.3) is 101 Å². The topological polar surface area (TPSA) is 282 Å². The first kappa shape index (κ1) is 74.6. The molecule has 115 heavy (non-hydrogen) atoms. The number of hydrogen-bond donors (Lipinski definition) is 3. The minimum absolute atomic E-state index is 0.0491. The van der Waals surface area contributed by atoms with Gasteiger partial charge in [-0.1, -0.05) is 42.5 Å². The molecule has 8 aromatic heterocycles. The maximum atomic E-state index is 9.89. The molecule has 0 aliphatic carbocycles.